The van der Waals surface area contributed by atoms with E-state index < -0.39 is 17.9 Å². The third-order valence-corrected chi connectivity index (χ3v) is 5.77. The summed E-state index contributed by atoms with van der Waals surface area (Å²) in [6.45, 7) is 2.43. The molecule has 0 radical (unpaired) electrons. The summed E-state index contributed by atoms with van der Waals surface area (Å²) in [6, 6.07) is 17.6. The first-order valence-corrected chi connectivity index (χ1v) is 11.0. The maximum absolute atomic E-state index is 13.2. The first-order chi connectivity index (χ1) is 15.9. The summed E-state index contributed by atoms with van der Waals surface area (Å²) in [7, 11) is 0. The molecular weight excluding hydrogens is 420 g/mol. The Morgan fingerprint density at radius 1 is 1.09 bits per heavy atom. The number of carbonyl (C=O) groups is 3. The van der Waals surface area contributed by atoms with E-state index >= 15 is 0 Å². The van der Waals surface area contributed by atoms with Crippen LogP contribution >= 0.6 is 0 Å². The van der Waals surface area contributed by atoms with Crippen molar-refractivity contribution in [3.05, 3.63) is 77.5 Å². The summed E-state index contributed by atoms with van der Waals surface area (Å²) in [4.78, 5) is 38.9. The van der Waals surface area contributed by atoms with Crippen molar-refractivity contribution in [3.63, 3.8) is 0 Å². The lowest BCUT2D eigenvalue weighted by Gasteiger charge is -2.26. The quantitative estimate of drug-likeness (QED) is 0.577. The van der Waals surface area contributed by atoms with Crippen molar-refractivity contribution in [2.24, 2.45) is 0 Å². The standard InChI is InChI=1S/C25H26N4O4/c1-17-9-5-6-12-19(17)20(16-24(31)32)26-25(33)21-15-22(28-14-8-7-13-23(28)30)29(27-21)18-10-3-2-4-11-18/h2-6,9-12,15,20H,7-8,13-14,16H2,1H3,(H,26,33)(H,31,32)/t20-/m0/s1. The number of nitrogens with zero attached hydrogens (tertiary/aromatic N) is 3. The predicted molar refractivity (Wildman–Crippen MR) is 123 cm³/mol. The lowest BCUT2D eigenvalue weighted by molar-refractivity contribution is -0.137. The average Bonchev–Trinajstić information content (AvgIpc) is 3.25. The van der Waals surface area contributed by atoms with Crippen molar-refractivity contribution in [1.82, 2.24) is 15.1 Å². The minimum atomic E-state index is -1.02. The van der Waals surface area contributed by atoms with Crippen molar-refractivity contribution in [1.29, 1.82) is 0 Å². The molecule has 2 heterocycles. The minimum absolute atomic E-state index is 0.00560. The number of benzene rings is 2. The number of aryl methyl sites for hydroxylation is 1. The number of carbonyl (C=O) groups excluding carboxylic acids is 2. The van der Waals surface area contributed by atoms with Gasteiger partial charge >= 0.3 is 5.97 Å². The Kier molecular flexibility index (Phi) is 6.53. The molecule has 2 N–H and O–H groups in total. The van der Waals surface area contributed by atoms with E-state index in [9.17, 15) is 19.5 Å². The second-order valence-electron chi connectivity index (χ2n) is 8.12. The zero-order valence-corrected chi connectivity index (χ0v) is 18.4. The van der Waals surface area contributed by atoms with Crippen LogP contribution < -0.4 is 10.2 Å². The van der Waals surface area contributed by atoms with E-state index in [0.29, 0.717) is 18.8 Å². The van der Waals surface area contributed by atoms with Crippen LogP contribution in [0.1, 0.15) is 53.3 Å². The first kappa shape index (κ1) is 22.3. The van der Waals surface area contributed by atoms with Gasteiger partial charge in [-0.15, -0.1) is 0 Å². The number of carboxylic acids is 1. The Morgan fingerprint density at radius 2 is 1.82 bits per heavy atom. The van der Waals surface area contributed by atoms with E-state index in [0.717, 1.165) is 29.7 Å². The largest absolute Gasteiger partial charge is 0.481 e. The molecule has 8 heteroatoms. The molecule has 1 fully saturated rings. The van der Waals surface area contributed by atoms with Crippen LogP contribution in [0.5, 0.6) is 0 Å². The monoisotopic (exact) mass is 446 g/mol. The molecule has 8 nitrogen and oxygen atoms in total. The normalized spacial score (nSPS) is 14.7. The fourth-order valence-corrected chi connectivity index (χ4v) is 4.11. The van der Waals surface area contributed by atoms with Crippen molar-refractivity contribution < 1.29 is 19.5 Å². The highest BCUT2D eigenvalue weighted by molar-refractivity contribution is 5.97. The number of carboxylic acid groups (broad SMARTS) is 1. The van der Waals surface area contributed by atoms with E-state index in [-0.39, 0.29) is 18.0 Å². The van der Waals surface area contributed by atoms with E-state index in [4.69, 9.17) is 0 Å². The molecule has 1 aromatic heterocycles. The maximum atomic E-state index is 13.2. The third kappa shape index (κ3) is 4.95. The van der Waals surface area contributed by atoms with Gasteiger partial charge in [0, 0.05) is 19.0 Å². The van der Waals surface area contributed by atoms with Crippen molar-refractivity contribution in [2.75, 3.05) is 11.4 Å². The molecule has 0 saturated carbocycles. The smallest absolute Gasteiger partial charge is 0.305 e. The molecule has 1 aliphatic rings. The fourth-order valence-electron chi connectivity index (χ4n) is 4.11. The van der Waals surface area contributed by atoms with Crippen molar-refractivity contribution in [3.8, 4) is 5.69 Å². The number of hydrogen-bond donors (Lipinski definition) is 2. The third-order valence-electron chi connectivity index (χ3n) is 5.77. The summed E-state index contributed by atoms with van der Waals surface area (Å²) < 4.78 is 1.60. The molecular formula is C25H26N4O4. The number of nitrogens with one attached hydrogen (secondary N) is 1. The Hall–Kier alpha value is -3.94. The number of aromatic nitrogens is 2. The Morgan fingerprint density at radius 3 is 2.52 bits per heavy atom. The van der Waals surface area contributed by atoms with Gasteiger partial charge in [-0.1, -0.05) is 42.5 Å². The number of hydrogen-bond acceptors (Lipinski definition) is 4. The number of amides is 2. The van der Waals surface area contributed by atoms with Crippen LogP contribution in [0, 0.1) is 6.92 Å². The van der Waals surface area contributed by atoms with Gasteiger partial charge in [0.05, 0.1) is 18.2 Å². The minimum Gasteiger partial charge on any atom is -0.481 e. The van der Waals surface area contributed by atoms with Gasteiger partial charge in [0.2, 0.25) is 5.91 Å². The van der Waals surface area contributed by atoms with Gasteiger partial charge in [-0.25, -0.2) is 4.68 Å². The van der Waals surface area contributed by atoms with E-state index in [1.54, 1.807) is 15.6 Å². The lowest BCUT2D eigenvalue weighted by Crippen LogP contribution is -2.36. The van der Waals surface area contributed by atoms with Gasteiger partial charge in [0.1, 0.15) is 5.82 Å². The van der Waals surface area contributed by atoms with E-state index in [2.05, 4.69) is 10.4 Å². The van der Waals surface area contributed by atoms with E-state index in [1.807, 2.05) is 61.5 Å². The van der Waals surface area contributed by atoms with Crippen LogP contribution in [0.4, 0.5) is 5.82 Å². The molecule has 0 bridgehead atoms. The molecule has 0 unspecified atom stereocenters. The lowest BCUT2D eigenvalue weighted by atomic mass is 9.98. The van der Waals surface area contributed by atoms with Gasteiger partial charge < -0.3 is 10.4 Å². The van der Waals surface area contributed by atoms with Crippen LogP contribution in [0.15, 0.2) is 60.7 Å². The highest BCUT2D eigenvalue weighted by Gasteiger charge is 2.27. The van der Waals surface area contributed by atoms with Crippen molar-refractivity contribution >= 4 is 23.6 Å². The summed E-state index contributed by atoms with van der Waals surface area (Å²) in [5.74, 6) is -0.987. The summed E-state index contributed by atoms with van der Waals surface area (Å²) in [5.41, 5.74) is 2.47. The van der Waals surface area contributed by atoms with E-state index in [1.165, 1.54) is 0 Å². The highest BCUT2D eigenvalue weighted by atomic mass is 16.4. The van der Waals surface area contributed by atoms with Gasteiger partial charge in [-0.05, 0) is 43.0 Å². The molecule has 1 atom stereocenters. The zero-order chi connectivity index (χ0) is 23.4. The molecule has 33 heavy (non-hydrogen) atoms. The zero-order valence-electron chi connectivity index (χ0n) is 18.4. The molecule has 2 aromatic carbocycles. The van der Waals surface area contributed by atoms with Gasteiger partial charge in [0.15, 0.2) is 5.69 Å². The van der Waals surface area contributed by atoms with Crippen LogP contribution in [0.25, 0.3) is 5.69 Å². The van der Waals surface area contributed by atoms with Gasteiger partial charge in [-0.2, -0.15) is 5.10 Å². The molecule has 3 aromatic rings. The highest BCUT2D eigenvalue weighted by Crippen LogP contribution is 2.26. The van der Waals surface area contributed by atoms with Gasteiger partial charge in [-0.3, -0.25) is 19.3 Å². The molecule has 0 aliphatic carbocycles. The summed E-state index contributed by atoms with van der Waals surface area (Å²) >= 11 is 0. The number of para-hydroxylation sites is 1. The molecule has 1 saturated heterocycles. The van der Waals surface area contributed by atoms with Crippen LogP contribution in [-0.2, 0) is 9.59 Å². The first-order valence-electron chi connectivity index (χ1n) is 11.0. The molecule has 0 spiro atoms. The Bertz CT molecular complexity index is 1170. The molecule has 1 aliphatic heterocycles. The molecule has 2 amide bonds. The number of rotatable bonds is 7. The topological polar surface area (TPSA) is 105 Å². The number of anilines is 1. The Labute approximate surface area is 191 Å². The average molecular weight is 447 g/mol. The Balaban J connectivity index is 1.69. The molecule has 4 rings (SSSR count). The maximum Gasteiger partial charge on any atom is 0.305 e. The number of piperidine rings is 1. The fraction of sp³-hybridized carbons (Fsp3) is 0.280. The molecule has 170 valence electrons. The van der Waals surface area contributed by atoms with Crippen LogP contribution in [0.2, 0.25) is 0 Å². The van der Waals surface area contributed by atoms with Crippen LogP contribution in [-0.4, -0.2) is 39.2 Å². The predicted octanol–water partition coefficient (Wildman–Crippen LogP) is 3.64. The SMILES string of the molecule is Cc1ccccc1[C@H](CC(=O)O)NC(=O)c1cc(N2CCCCC2=O)n(-c2ccccc2)n1. The summed E-state index contributed by atoms with van der Waals surface area (Å²) in [5, 5.41) is 16.7. The second kappa shape index (κ2) is 9.68. The van der Waals surface area contributed by atoms with Crippen LogP contribution in [0.3, 0.4) is 0 Å². The number of aliphatic carboxylic acids is 1. The van der Waals surface area contributed by atoms with Crippen molar-refractivity contribution in [2.45, 2.75) is 38.6 Å². The van der Waals surface area contributed by atoms with Gasteiger partial charge in [0.25, 0.3) is 5.91 Å². The summed E-state index contributed by atoms with van der Waals surface area (Å²) in [6.07, 6.45) is 1.92. The second-order valence-corrected chi connectivity index (χ2v) is 8.12.